The Balaban J connectivity index is -0.000000102. The lowest BCUT2D eigenvalue weighted by Crippen LogP contribution is -2.29. The van der Waals surface area contributed by atoms with Gasteiger partial charge in [-0.2, -0.15) is 0 Å². The zero-order valence-corrected chi connectivity index (χ0v) is 33.5. The molecule has 276 valence electrons. The average Bonchev–Trinajstić information content (AvgIpc) is 2.84. The van der Waals surface area contributed by atoms with Crippen LogP contribution in [0.3, 0.4) is 0 Å². The number of carbonyl (C=O) groups excluding carboxylic acids is 7. The fourth-order valence-corrected chi connectivity index (χ4v) is 3.57. The summed E-state index contributed by atoms with van der Waals surface area (Å²) in [6.45, 7) is 27.0. The van der Waals surface area contributed by atoms with E-state index in [1.54, 1.807) is 0 Å². The maximum absolute atomic E-state index is 12.5. The summed E-state index contributed by atoms with van der Waals surface area (Å²) in [6, 6.07) is 0. The highest BCUT2D eigenvalue weighted by atomic mass is 16.1. The summed E-state index contributed by atoms with van der Waals surface area (Å²) in [5.74, 6) is 1.47. The largest absolute Gasteiger partial charge is 0.300 e. The molecule has 0 heterocycles. The molecule has 0 aromatic carbocycles. The Morgan fingerprint density at radius 2 is 0.457 bits per heavy atom. The van der Waals surface area contributed by atoms with E-state index in [0.29, 0.717) is 5.78 Å². The first-order chi connectivity index (χ1) is 21.0. The van der Waals surface area contributed by atoms with Crippen LogP contribution in [0.15, 0.2) is 0 Å². The Kier molecular flexibility index (Phi) is 60.6. The minimum Gasteiger partial charge on any atom is -0.300 e. The van der Waals surface area contributed by atoms with E-state index in [-0.39, 0.29) is 40.1 Å². The van der Waals surface area contributed by atoms with Crippen molar-refractivity contribution in [1.82, 2.24) is 0 Å². The van der Waals surface area contributed by atoms with E-state index < -0.39 is 0 Å². The molecule has 7 nitrogen and oxygen atoms in total. The monoisotopic (exact) mass is 659 g/mol. The normalized spacial score (nSPS) is 9.04. The zero-order valence-electron chi connectivity index (χ0n) is 33.5. The molecule has 0 aromatic heterocycles. The van der Waals surface area contributed by atoms with Crippen LogP contribution < -0.4 is 0 Å². The molecule has 0 atom stereocenters. The van der Waals surface area contributed by atoms with E-state index in [9.17, 15) is 33.6 Å². The number of hydrogen-bond acceptors (Lipinski definition) is 7. The van der Waals surface area contributed by atoms with E-state index in [1.807, 2.05) is 6.92 Å². The van der Waals surface area contributed by atoms with Crippen molar-refractivity contribution in [3.8, 4) is 0 Å². The lowest BCUT2D eigenvalue weighted by Gasteiger charge is -2.32. The number of ketones is 7. The molecule has 7 heteroatoms. The van der Waals surface area contributed by atoms with Gasteiger partial charge in [0.25, 0.3) is 0 Å². The summed E-state index contributed by atoms with van der Waals surface area (Å²) in [6.07, 6.45) is 18.8. The highest BCUT2D eigenvalue weighted by molar-refractivity contribution is 5.82. The van der Waals surface area contributed by atoms with Gasteiger partial charge in [-0.1, -0.05) is 97.8 Å². The summed E-state index contributed by atoms with van der Waals surface area (Å²) in [7, 11) is 0. The second-order valence-electron chi connectivity index (χ2n) is 12.7. The molecule has 0 aliphatic heterocycles. The van der Waals surface area contributed by atoms with Crippen molar-refractivity contribution in [3.63, 3.8) is 0 Å². The third kappa shape index (κ3) is 113. The van der Waals surface area contributed by atoms with Crippen molar-refractivity contribution in [2.45, 2.75) is 207 Å². The van der Waals surface area contributed by atoms with Crippen LogP contribution in [0.2, 0.25) is 0 Å². The smallest absolute Gasteiger partial charge is 0.135 e. The second-order valence-corrected chi connectivity index (χ2v) is 12.7. The van der Waals surface area contributed by atoms with Crippen LogP contribution >= 0.6 is 0 Å². The molecular formula is C39H78O7. The van der Waals surface area contributed by atoms with Crippen molar-refractivity contribution in [3.05, 3.63) is 0 Å². The van der Waals surface area contributed by atoms with Gasteiger partial charge in [0.15, 0.2) is 0 Å². The topological polar surface area (TPSA) is 119 Å². The van der Waals surface area contributed by atoms with Crippen molar-refractivity contribution in [2.75, 3.05) is 0 Å². The van der Waals surface area contributed by atoms with E-state index in [4.69, 9.17) is 0 Å². The number of hydrogen-bond donors (Lipinski definition) is 0. The molecule has 0 rings (SSSR count). The molecule has 0 unspecified atom stereocenters. The molecule has 0 aliphatic carbocycles. The molecule has 0 amide bonds. The molecular weight excluding hydrogens is 580 g/mol. The zero-order chi connectivity index (χ0) is 38.1. The summed E-state index contributed by atoms with van der Waals surface area (Å²) in [5.41, 5.74) is 0.00915. The maximum Gasteiger partial charge on any atom is 0.135 e. The van der Waals surface area contributed by atoms with Gasteiger partial charge < -0.3 is 28.8 Å². The molecule has 0 saturated carbocycles. The predicted octanol–water partition coefficient (Wildman–Crippen LogP) is 11.0. The van der Waals surface area contributed by atoms with Crippen LogP contribution in [0, 0.1) is 5.41 Å². The first-order valence-corrected chi connectivity index (χ1v) is 17.4. The number of rotatable bonds is 16. The third-order valence-corrected chi connectivity index (χ3v) is 5.27. The first kappa shape index (κ1) is 59.1. The lowest BCUT2D eigenvalue weighted by molar-refractivity contribution is -0.128. The van der Waals surface area contributed by atoms with Crippen LogP contribution in [0.1, 0.15) is 207 Å². The van der Waals surface area contributed by atoms with Gasteiger partial charge in [0.05, 0.1) is 0 Å². The Bertz CT molecular complexity index is 603. The van der Waals surface area contributed by atoms with E-state index in [0.717, 1.165) is 19.3 Å². The van der Waals surface area contributed by atoms with Gasteiger partial charge in [0.2, 0.25) is 0 Å². The molecule has 46 heavy (non-hydrogen) atoms. The third-order valence-electron chi connectivity index (χ3n) is 5.27. The molecule has 0 N–H and O–H groups in total. The van der Waals surface area contributed by atoms with Gasteiger partial charge in [0.1, 0.15) is 40.5 Å². The lowest BCUT2D eigenvalue weighted by atomic mass is 9.71. The van der Waals surface area contributed by atoms with Gasteiger partial charge in [0, 0.05) is 5.41 Å². The Morgan fingerprint density at radius 1 is 0.304 bits per heavy atom. The van der Waals surface area contributed by atoms with Crippen LogP contribution in [0.25, 0.3) is 0 Å². The molecule has 0 spiro atoms. The molecule has 0 bridgehead atoms. The van der Waals surface area contributed by atoms with Crippen LogP contribution in [-0.4, -0.2) is 40.5 Å². The summed E-state index contributed by atoms with van der Waals surface area (Å²) in [5, 5.41) is 0. The van der Waals surface area contributed by atoms with E-state index in [2.05, 4.69) is 20.8 Å². The molecule has 0 fully saturated rings. The molecule has 0 aromatic rings. The highest BCUT2D eigenvalue weighted by Crippen LogP contribution is 2.38. The first-order valence-electron chi connectivity index (χ1n) is 17.4. The Morgan fingerprint density at radius 3 is 0.565 bits per heavy atom. The quantitative estimate of drug-likeness (QED) is 0.151. The SMILES string of the molecule is CC(C)=O.CC(C)=O.CC(C)=O.CC(C)=O.CC(C)=O.CC(C)=O.CCCCCCC(CCCCCC)(CCCCCC)C(C)=O. The van der Waals surface area contributed by atoms with E-state index >= 15 is 0 Å². The highest BCUT2D eigenvalue weighted by Gasteiger charge is 2.33. The van der Waals surface area contributed by atoms with Crippen molar-refractivity contribution < 1.29 is 33.6 Å². The van der Waals surface area contributed by atoms with Crippen LogP contribution in [0.5, 0.6) is 0 Å². The average molecular weight is 659 g/mol. The summed E-state index contributed by atoms with van der Waals surface area (Å²) in [4.78, 5) is 69.1. The Labute approximate surface area is 286 Å². The van der Waals surface area contributed by atoms with Gasteiger partial charge in [-0.05, 0) is 109 Å². The molecule has 0 saturated heterocycles. The molecule has 0 aliphatic rings. The van der Waals surface area contributed by atoms with Crippen molar-refractivity contribution in [2.24, 2.45) is 5.41 Å². The van der Waals surface area contributed by atoms with Crippen molar-refractivity contribution >= 4 is 40.5 Å². The van der Waals surface area contributed by atoms with Gasteiger partial charge >= 0.3 is 0 Å². The maximum atomic E-state index is 12.5. The van der Waals surface area contributed by atoms with Crippen molar-refractivity contribution in [1.29, 1.82) is 0 Å². The number of unbranched alkanes of at least 4 members (excludes halogenated alkanes) is 9. The standard InChI is InChI=1S/C21H42O.6C3H6O/c1-5-8-11-14-17-21(20(4)22,18-15-12-9-6-2)19-16-13-10-7-3;6*1-3(2)4/h5-19H2,1-4H3;6*1-2H3. The summed E-state index contributed by atoms with van der Waals surface area (Å²) < 4.78 is 0. The van der Waals surface area contributed by atoms with Gasteiger partial charge in [-0.25, -0.2) is 0 Å². The van der Waals surface area contributed by atoms with E-state index in [1.165, 1.54) is 160 Å². The second kappa shape index (κ2) is 47.1. The predicted molar refractivity (Wildman–Crippen MR) is 198 cm³/mol. The minimum absolute atomic E-state index is 0.00915. The fourth-order valence-electron chi connectivity index (χ4n) is 3.57. The number of Topliss-reactive ketones (excluding diaryl/α,β-unsaturated/α-hetero) is 7. The molecule has 0 radical (unpaired) electrons. The Hall–Kier alpha value is -2.31. The van der Waals surface area contributed by atoms with Crippen LogP contribution in [0.4, 0.5) is 0 Å². The number of carbonyl (C=O) groups is 7. The van der Waals surface area contributed by atoms with Crippen LogP contribution in [-0.2, 0) is 33.6 Å². The summed E-state index contributed by atoms with van der Waals surface area (Å²) >= 11 is 0. The van der Waals surface area contributed by atoms with Gasteiger partial charge in [-0.3, -0.25) is 4.79 Å². The van der Waals surface area contributed by atoms with Gasteiger partial charge in [-0.15, -0.1) is 0 Å². The minimum atomic E-state index is 0.00915. The fraction of sp³-hybridized carbons (Fsp3) is 0.821.